The van der Waals surface area contributed by atoms with Gasteiger partial charge in [-0.15, -0.1) is 0 Å². The molecule has 5 nitrogen and oxygen atoms in total. The van der Waals surface area contributed by atoms with Gasteiger partial charge in [-0.2, -0.15) is 0 Å². The molecule has 0 saturated heterocycles. The SMILES string of the molecule is CC/C=C\C[C@H](O)/C=C/C=C/C=C\C=C/[C@@H](O)[C@H](O)CCCC(=O)O. The molecule has 5 heteroatoms. The Balaban J connectivity index is 4.02. The van der Waals surface area contributed by atoms with Crippen molar-refractivity contribution in [3.05, 3.63) is 60.8 Å². The van der Waals surface area contributed by atoms with Gasteiger partial charge >= 0.3 is 5.97 Å². The Bertz CT molecular complexity index is 488. The molecule has 0 spiro atoms. The van der Waals surface area contributed by atoms with Crippen molar-refractivity contribution in [2.24, 2.45) is 0 Å². The first-order valence-electron chi connectivity index (χ1n) is 8.56. The van der Waals surface area contributed by atoms with Crippen molar-refractivity contribution >= 4 is 5.97 Å². The lowest BCUT2D eigenvalue weighted by molar-refractivity contribution is -0.137. The first-order chi connectivity index (χ1) is 12.0. The van der Waals surface area contributed by atoms with Gasteiger partial charge in [0.05, 0.1) is 18.3 Å². The summed E-state index contributed by atoms with van der Waals surface area (Å²) in [7, 11) is 0. The molecular formula is C20H30O5. The number of allylic oxidation sites excluding steroid dienone is 7. The fourth-order valence-corrected chi connectivity index (χ4v) is 1.87. The topological polar surface area (TPSA) is 98.0 Å². The molecule has 3 atom stereocenters. The Morgan fingerprint density at radius 1 is 0.920 bits per heavy atom. The molecule has 4 N–H and O–H groups in total. The lowest BCUT2D eigenvalue weighted by atomic mass is 10.1. The van der Waals surface area contributed by atoms with E-state index in [1.165, 1.54) is 6.08 Å². The van der Waals surface area contributed by atoms with Gasteiger partial charge in [0.15, 0.2) is 0 Å². The normalized spacial score (nSPS) is 16.6. The number of rotatable bonds is 13. The average Bonchev–Trinajstić information content (AvgIpc) is 2.56. The van der Waals surface area contributed by atoms with Crippen molar-refractivity contribution in [3.63, 3.8) is 0 Å². The monoisotopic (exact) mass is 350 g/mol. The molecule has 0 radical (unpaired) electrons. The molecule has 0 aromatic heterocycles. The van der Waals surface area contributed by atoms with Crippen LogP contribution in [0.4, 0.5) is 0 Å². The summed E-state index contributed by atoms with van der Waals surface area (Å²) in [4.78, 5) is 10.4. The molecule has 0 fully saturated rings. The van der Waals surface area contributed by atoms with E-state index in [1.54, 1.807) is 42.5 Å². The van der Waals surface area contributed by atoms with Gasteiger partial charge in [0, 0.05) is 6.42 Å². The van der Waals surface area contributed by atoms with Gasteiger partial charge < -0.3 is 20.4 Å². The largest absolute Gasteiger partial charge is 0.481 e. The van der Waals surface area contributed by atoms with E-state index >= 15 is 0 Å². The molecule has 0 amide bonds. The van der Waals surface area contributed by atoms with Crippen LogP contribution in [0.25, 0.3) is 0 Å². The number of hydrogen-bond donors (Lipinski definition) is 4. The van der Waals surface area contributed by atoms with Gasteiger partial charge in [-0.05, 0) is 25.7 Å². The Kier molecular flexibility index (Phi) is 14.4. The molecule has 0 aliphatic heterocycles. The molecule has 0 aliphatic rings. The summed E-state index contributed by atoms with van der Waals surface area (Å²) in [5.41, 5.74) is 0. The van der Waals surface area contributed by atoms with E-state index in [0.29, 0.717) is 12.8 Å². The Hall–Kier alpha value is -1.95. The molecule has 0 heterocycles. The Morgan fingerprint density at radius 3 is 2.12 bits per heavy atom. The van der Waals surface area contributed by atoms with Crippen LogP contribution < -0.4 is 0 Å². The summed E-state index contributed by atoms with van der Waals surface area (Å²) < 4.78 is 0. The van der Waals surface area contributed by atoms with Crippen molar-refractivity contribution in [2.45, 2.75) is 57.3 Å². The Morgan fingerprint density at radius 2 is 1.52 bits per heavy atom. The zero-order chi connectivity index (χ0) is 18.9. The molecule has 0 rings (SSSR count). The van der Waals surface area contributed by atoms with Crippen LogP contribution in [-0.2, 0) is 4.79 Å². The first-order valence-corrected chi connectivity index (χ1v) is 8.56. The number of aliphatic carboxylic acids is 1. The van der Waals surface area contributed by atoms with E-state index in [4.69, 9.17) is 5.11 Å². The van der Waals surface area contributed by atoms with Crippen LogP contribution in [0, 0.1) is 0 Å². The molecule has 140 valence electrons. The van der Waals surface area contributed by atoms with E-state index in [2.05, 4.69) is 0 Å². The summed E-state index contributed by atoms with van der Waals surface area (Å²) in [6.07, 6.45) is 17.2. The standard InChI is InChI=1S/C20H30O5/c1-2-3-8-12-17(21)13-9-6-4-5-7-10-14-18(22)19(23)15-11-16-20(24)25/h3-10,13-14,17-19,21-23H,2,11-12,15-16H2,1H3,(H,24,25)/b6-4+,7-5-,8-3-,13-9+,14-10-/t17-,18+,19+/m0/s1. The van der Waals surface area contributed by atoms with Crippen molar-refractivity contribution in [2.75, 3.05) is 0 Å². The number of carbonyl (C=O) groups is 1. The van der Waals surface area contributed by atoms with Gasteiger partial charge in [0.25, 0.3) is 0 Å². The van der Waals surface area contributed by atoms with Crippen LogP contribution in [0.15, 0.2) is 60.8 Å². The van der Waals surface area contributed by atoms with Crippen molar-refractivity contribution in [1.29, 1.82) is 0 Å². The van der Waals surface area contributed by atoms with Gasteiger partial charge in [-0.1, -0.05) is 67.7 Å². The predicted octanol–water partition coefficient (Wildman–Crippen LogP) is 2.91. The molecule has 0 bridgehead atoms. The first kappa shape index (κ1) is 23.1. The minimum Gasteiger partial charge on any atom is -0.481 e. The molecule has 0 aromatic carbocycles. The van der Waals surface area contributed by atoms with Gasteiger partial charge in [0.1, 0.15) is 0 Å². The fraction of sp³-hybridized carbons (Fsp3) is 0.450. The molecular weight excluding hydrogens is 320 g/mol. The lowest BCUT2D eigenvalue weighted by Gasteiger charge is -2.13. The quantitative estimate of drug-likeness (QED) is 0.302. The van der Waals surface area contributed by atoms with Crippen LogP contribution in [0.2, 0.25) is 0 Å². The second kappa shape index (κ2) is 15.6. The molecule has 0 aromatic rings. The van der Waals surface area contributed by atoms with Gasteiger partial charge in [-0.25, -0.2) is 0 Å². The number of aliphatic hydroxyl groups is 3. The highest BCUT2D eigenvalue weighted by Gasteiger charge is 2.12. The van der Waals surface area contributed by atoms with Crippen molar-refractivity contribution in [1.82, 2.24) is 0 Å². The van der Waals surface area contributed by atoms with Crippen LogP contribution in [0.3, 0.4) is 0 Å². The minimum absolute atomic E-state index is 0.0186. The number of carboxylic acid groups (broad SMARTS) is 1. The summed E-state index contributed by atoms with van der Waals surface area (Å²) in [6, 6.07) is 0. The highest BCUT2D eigenvalue weighted by molar-refractivity contribution is 5.66. The fourth-order valence-electron chi connectivity index (χ4n) is 1.87. The second-order valence-corrected chi connectivity index (χ2v) is 5.57. The van der Waals surface area contributed by atoms with Crippen molar-refractivity contribution < 1.29 is 25.2 Å². The molecule has 0 unspecified atom stereocenters. The smallest absolute Gasteiger partial charge is 0.303 e. The number of carboxylic acids is 1. The third-order valence-corrected chi connectivity index (χ3v) is 3.26. The molecule has 0 aliphatic carbocycles. The summed E-state index contributed by atoms with van der Waals surface area (Å²) in [6.45, 7) is 2.04. The van der Waals surface area contributed by atoms with E-state index in [0.717, 1.165) is 6.42 Å². The van der Waals surface area contributed by atoms with Crippen LogP contribution in [-0.4, -0.2) is 44.7 Å². The zero-order valence-electron chi connectivity index (χ0n) is 14.7. The summed E-state index contributed by atoms with van der Waals surface area (Å²) in [5.74, 6) is -0.911. The van der Waals surface area contributed by atoms with Crippen LogP contribution in [0.1, 0.15) is 39.0 Å². The molecule has 25 heavy (non-hydrogen) atoms. The number of hydrogen-bond acceptors (Lipinski definition) is 4. The minimum atomic E-state index is -1.02. The Labute approximate surface area is 150 Å². The lowest BCUT2D eigenvalue weighted by Crippen LogP contribution is -2.23. The van der Waals surface area contributed by atoms with Gasteiger partial charge in [0.2, 0.25) is 0 Å². The summed E-state index contributed by atoms with van der Waals surface area (Å²) in [5, 5.41) is 37.5. The zero-order valence-corrected chi connectivity index (χ0v) is 14.7. The van der Waals surface area contributed by atoms with E-state index < -0.39 is 24.3 Å². The predicted molar refractivity (Wildman–Crippen MR) is 100 cm³/mol. The van der Waals surface area contributed by atoms with E-state index in [-0.39, 0.29) is 12.8 Å². The maximum atomic E-state index is 10.4. The highest BCUT2D eigenvalue weighted by atomic mass is 16.4. The maximum Gasteiger partial charge on any atom is 0.303 e. The number of aliphatic hydroxyl groups excluding tert-OH is 3. The third-order valence-electron chi connectivity index (χ3n) is 3.26. The maximum absolute atomic E-state index is 10.4. The van der Waals surface area contributed by atoms with Gasteiger partial charge in [-0.3, -0.25) is 4.79 Å². The van der Waals surface area contributed by atoms with Crippen LogP contribution in [0.5, 0.6) is 0 Å². The van der Waals surface area contributed by atoms with E-state index in [9.17, 15) is 20.1 Å². The average molecular weight is 350 g/mol. The molecule has 0 saturated carbocycles. The third kappa shape index (κ3) is 15.3. The summed E-state index contributed by atoms with van der Waals surface area (Å²) >= 11 is 0. The van der Waals surface area contributed by atoms with Crippen LogP contribution >= 0.6 is 0 Å². The second-order valence-electron chi connectivity index (χ2n) is 5.57. The highest BCUT2D eigenvalue weighted by Crippen LogP contribution is 2.06. The van der Waals surface area contributed by atoms with E-state index in [1.807, 2.05) is 19.1 Å². The van der Waals surface area contributed by atoms with Crippen molar-refractivity contribution in [3.8, 4) is 0 Å².